The first kappa shape index (κ1) is 18.4. The van der Waals surface area contributed by atoms with Gasteiger partial charge < -0.3 is 9.64 Å². The fourth-order valence-electron chi connectivity index (χ4n) is 2.19. The SMILES string of the molecule is CC(C)(C)/C=C/C(=C(\C#N)C(=O)N1CCOCC1)C(C)(C)C. The third kappa shape index (κ3) is 5.31. The summed E-state index contributed by atoms with van der Waals surface area (Å²) in [6.45, 7) is 14.5. The number of carbonyl (C=O) groups is 1. The minimum absolute atomic E-state index is 0.000915. The molecule has 0 saturated carbocycles. The van der Waals surface area contributed by atoms with Gasteiger partial charge in [0.05, 0.1) is 13.2 Å². The monoisotopic (exact) mass is 304 g/mol. The third-order valence-electron chi connectivity index (χ3n) is 3.45. The van der Waals surface area contributed by atoms with E-state index in [4.69, 9.17) is 4.74 Å². The summed E-state index contributed by atoms with van der Waals surface area (Å²) in [6.07, 6.45) is 3.99. The van der Waals surface area contributed by atoms with Crippen molar-refractivity contribution in [2.45, 2.75) is 41.5 Å². The number of nitriles is 1. The van der Waals surface area contributed by atoms with E-state index in [9.17, 15) is 10.1 Å². The van der Waals surface area contributed by atoms with Crippen LogP contribution in [0.1, 0.15) is 41.5 Å². The van der Waals surface area contributed by atoms with Gasteiger partial charge in [-0.1, -0.05) is 53.7 Å². The molecule has 122 valence electrons. The Hall–Kier alpha value is -1.60. The van der Waals surface area contributed by atoms with E-state index in [1.165, 1.54) is 0 Å². The van der Waals surface area contributed by atoms with Gasteiger partial charge in [0.1, 0.15) is 11.6 Å². The summed E-state index contributed by atoms with van der Waals surface area (Å²) in [6, 6.07) is 2.14. The lowest BCUT2D eigenvalue weighted by Crippen LogP contribution is -2.41. The van der Waals surface area contributed by atoms with Crippen molar-refractivity contribution in [1.82, 2.24) is 4.90 Å². The molecule has 0 unspecified atom stereocenters. The van der Waals surface area contributed by atoms with Gasteiger partial charge in [0.25, 0.3) is 5.91 Å². The average molecular weight is 304 g/mol. The largest absolute Gasteiger partial charge is 0.378 e. The van der Waals surface area contributed by atoms with E-state index in [0.29, 0.717) is 26.3 Å². The predicted molar refractivity (Wildman–Crippen MR) is 88.1 cm³/mol. The zero-order chi connectivity index (χ0) is 17.0. The Kier molecular flexibility index (Phi) is 5.96. The molecule has 4 heteroatoms. The van der Waals surface area contributed by atoms with Gasteiger partial charge in [0.15, 0.2) is 0 Å². The number of morpholine rings is 1. The first-order valence-corrected chi connectivity index (χ1v) is 7.77. The fraction of sp³-hybridized carbons (Fsp3) is 0.667. The highest BCUT2D eigenvalue weighted by Crippen LogP contribution is 2.31. The molecule has 0 aliphatic carbocycles. The smallest absolute Gasteiger partial charge is 0.264 e. The Labute approximate surface area is 134 Å². The summed E-state index contributed by atoms with van der Waals surface area (Å²) in [7, 11) is 0. The van der Waals surface area contributed by atoms with Crippen molar-refractivity contribution in [3.05, 3.63) is 23.3 Å². The Morgan fingerprint density at radius 2 is 1.68 bits per heavy atom. The fourth-order valence-corrected chi connectivity index (χ4v) is 2.19. The zero-order valence-corrected chi connectivity index (χ0v) is 14.7. The van der Waals surface area contributed by atoms with Gasteiger partial charge >= 0.3 is 0 Å². The molecule has 0 aromatic carbocycles. The van der Waals surface area contributed by atoms with Crippen LogP contribution in [0, 0.1) is 22.2 Å². The van der Waals surface area contributed by atoms with Crippen LogP contribution in [0.25, 0.3) is 0 Å². The van der Waals surface area contributed by atoms with Gasteiger partial charge in [-0.05, 0) is 16.4 Å². The van der Waals surface area contributed by atoms with Crippen molar-refractivity contribution in [1.29, 1.82) is 5.26 Å². The van der Waals surface area contributed by atoms with Crippen LogP contribution in [0.15, 0.2) is 23.3 Å². The standard InChI is InChI=1S/C18H28N2O2/c1-17(2,3)8-7-15(18(4,5)6)14(13-19)16(21)20-9-11-22-12-10-20/h7-8H,9-12H2,1-6H3/b8-7+,15-14-. The lowest BCUT2D eigenvalue weighted by atomic mass is 9.81. The first-order chi connectivity index (χ1) is 10.1. The van der Waals surface area contributed by atoms with E-state index in [-0.39, 0.29) is 22.3 Å². The summed E-state index contributed by atoms with van der Waals surface area (Å²) in [4.78, 5) is 14.4. The molecule has 1 aliphatic heterocycles. The normalized spacial score (nSPS) is 18.1. The second-order valence-electron chi connectivity index (χ2n) is 7.75. The van der Waals surface area contributed by atoms with Gasteiger partial charge in [-0.2, -0.15) is 5.26 Å². The lowest BCUT2D eigenvalue weighted by molar-refractivity contribution is -0.130. The second-order valence-corrected chi connectivity index (χ2v) is 7.75. The van der Waals surface area contributed by atoms with Crippen molar-refractivity contribution in [2.75, 3.05) is 26.3 Å². The molecule has 1 amide bonds. The van der Waals surface area contributed by atoms with Crippen LogP contribution in [0.5, 0.6) is 0 Å². The molecule has 1 aliphatic rings. The van der Waals surface area contributed by atoms with E-state index in [1.807, 2.05) is 26.8 Å². The van der Waals surface area contributed by atoms with E-state index in [1.54, 1.807) is 4.90 Å². The molecule has 0 radical (unpaired) electrons. The number of rotatable bonds is 2. The van der Waals surface area contributed by atoms with Crippen LogP contribution in [0.2, 0.25) is 0 Å². The molecule has 0 N–H and O–H groups in total. The maximum absolute atomic E-state index is 12.7. The highest BCUT2D eigenvalue weighted by atomic mass is 16.5. The molecule has 0 bridgehead atoms. The Morgan fingerprint density at radius 1 is 1.14 bits per heavy atom. The van der Waals surface area contributed by atoms with Gasteiger partial charge in [-0.25, -0.2) is 0 Å². The molecule has 1 rings (SSSR count). The van der Waals surface area contributed by atoms with E-state index < -0.39 is 0 Å². The topological polar surface area (TPSA) is 53.3 Å². The van der Waals surface area contributed by atoms with Crippen LogP contribution in [-0.4, -0.2) is 37.1 Å². The highest BCUT2D eigenvalue weighted by Gasteiger charge is 2.28. The molecule has 0 atom stereocenters. The molecule has 22 heavy (non-hydrogen) atoms. The average Bonchev–Trinajstić information content (AvgIpc) is 2.41. The number of hydrogen-bond donors (Lipinski definition) is 0. The molecule has 1 fully saturated rings. The molecule has 0 aromatic rings. The van der Waals surface area contributed by atoms with Crippen LogP contribution in [0.3, 0.4) is 0 Å². The molecular weight excluding hydrogens is 276 g/mol. The lowest BCUT2D eigenvalue weighted by Gasteiger charge is -2.29. The number of amides is 1. The minimum Gasteiger partial charge on any atom is -0.378 e. The van der Waals surface area contributed by atoms with E-state index in [2.05, 4.69) is 32.9 Å². The van der Waals surface area contributed by atoms with Crippen molar-refractivity contribution in [3.63, 3.8) is 0 Å². The van der Waals surface area contributed by atoms with Gasteiger partial charge in [-0.15, -0.1) is 0 Å². The van der Waals surface area contributed by atoms with Crippen molar-refractivity contribution in [3.8, 4) is 6.07 Å². The molecule has 1 saturated heterocycles. The van der Waals surface area contributed by atoms with Crippen LogP contribution >= 0.6 is 0 Å². The van der Waals surface area contributed by atoms with Crippen LogP contribution < -0.4 is 0 Å². The number of nitrogens with zero attached hydrogens (tertiary/aromatic N) is 2. The quantitative estimate of drug-likeness (QED) is 0.447. The minimum atomic E-state index is -0.269. The summed E-state index contributed by atoms with van der Waals surface area (Å²) in [5, 5.41) is 9.57. The second kappa shape index (κ2) is 7.11. The maximum Gasteiger partial charge on any atom is 0.264 e. The third-order valence-corrected chi connectivity index (χ3v) is 3.45. The molecule has 0 aromatic heterocycles. The maximum atomic E-state index is 12.7. The summed E-state index contributed by atoms with van der Waals surface area (Å²) in [5.41, 5.74) is 0.768. The molecule has 1 heterocycles. The van der Waals surface area contributed by atoms with Gasteiger partial charge in [-0.3, -0.25) is 4.79 Å². The zero-order valence-electron chi connectivity index (χ0n) is 14.7. The van der Waals surface area contributed by atoms with Gasteiger partial charge in [0, 0.05) is 13.1 Å². The van der Waals surface area contributed by atoms with Crippen molar-refractivity contribution in [2.24, 2.45) is 10.8 Å². The van der Waals surface area contributed by atoms with Crippen molar-refractivity contribution < 1.29 is 9.53 Å². The Bertz CT molecular complexity index is 505. The number of carbonyl (C=O) groups excluding carboxylic acids is 1. The predicted octanol–water partition coefficient (Wildman–Crippen LogP) is 3.31. The Balaban J connectivity index is 3.24. The molecule has 0 spiro atoms. The van der Waals surface area contributed by atoms with Crippen LogP contribution in [-0.2, 0) is 9.53 Å². The van der Waals surface area contributed by atoms with E-state index >= 15 is 0 Å². The number of ether oxygens (including phenoxy) is 1. The van der Waals surface area contributed by atoms with Crippen molar-refractivity contribution >= 4 is 5.91 Å². The van der Waals surface area contributed by atoms with Gasteiger partial charge in [0.2, 0.25) is 0 Å². The van der Waals surface area contributed by atoms with E-state index in [0.717, 1.165) is 5.57 Å². The Morgan fingerprint density at radius 3 is 2.09 bits per heavy atom. The molecule has 4 nitrogen and oxygen atoms in total. The summed E-state index contributed by atoms with van der Waals surface area (Å²) in [5.74, 6) is -0.186. The van der Waals surface area contributed by atoms with Crippen LogP contribution in [0.4, 0.5) is 0 Å². The molecular formula is C18H28N2O2. The number of hydrogen-bond acceptors (Lipinski definition) is 3. The summed E-state index contributed by atoms with van der Waals surface area (Å²) < 4.78 is 5.28. The number of allylic oxidation sites excluding steroid dienone is 3. The summed E-state index contributed by atoms with van der Waals surface area (Å²) >= 11 is 0. The first-order valence-electron chi connectivity index (χ1n) is 7.77. The highest BCUT2D eigenvalue weighted by molar-refractivity contribution is 5.98.